The predicted molar refractivity (Wildman–Crippen MR) is 71.5 cm³/mol. The van der Waals surface area contributed by atoms with Crippen LogP contribution in [0.2, 0.25) is 0 Å². The molecule has 0 spiro atoms. The van der Waals surface area contributed by atoms with Crippen LogP contribution in [0, 0.1) is 19.8 Å². The Hall–Kier alpha value is -1.32. The molecule has 1 aromatic heterocycles. The molecule has 1 aromatic rings. The van der Waals surface area contributed by atoms with Gasteiger partial charge < -0.3 is 10.6 Å². The molecule has 1 aliphatic carbocycles. The van der Waals surface area contributed by atoms with Gasteiger partial charge in [-0.3, -0.25) is 0 Å². The summed E-state index contributed by atoms with van der Waals surface area (Å²) in [4.78, 5) is 8.95. The average Bonchev–Trinajstić information content (AvgIpc) is 2.97. The molecule has 2 atom stereocenters. The van der Waals surface area contributed by atoms with Gasteiger partial charge in [-0.05, 0) is 32.6 Å². The van der Waals surface area contributed by atoms with Gasteiger partial charge in [0.2, 0.25) is 0 Å². The van der Waals surface area contributed by atoms with E-state index in [4.69, 9.17) is 0 Å². The maximum Gasteiger partial charge on any atom is 0.134 e. The molecular formula is C13H22N4. The normalized spacial score (nSPS) is 22.4. The highest BCUT2D eigenvalue weighted by Gasteiger charge is 2.33. The molecule has 1 aliphatic rings. The van der Waals surface area contributed by atoms with Crippen LogP contribution < -0.4 is 10.6 Å². The maximum absolute atomic E-state index is 4.49. The van der Waals surface area contributed by atoms with Crippen LogP contribution in [0.1, 0.15) is 38.1 Å². The lowest BCUT2D eigenvalue weighted by atomic mass is 10.3. The molecule has 94 valence electrons. The van der Waals surface area contributed by atoms with E-state index in [1.165, 1.54) is 6.42 Å². The van der Waals surface area contributed by atoms with E-state index in [1.807, 2.05) is 6.92 Å². The number of nitrogens with zero attached hydrogens (tertiary/aromatic N) is 2. The highest BCUT2D eigenvalue weighted by molar-refractivity contribution is 5.58. The minimum Gasteiger partial charge on any atom is -0.370 e. The molecule has 4 nitrogen and oxygen atoms in total. The van der Waals surface area contributed by atoms with E-state index >= 15 is 0 Å². The van der Waals surface area contributed by atoms with Crippen LogP contribution in [-0.4, -0.2) is 22.6 Å². The summed E-state index contributed by atoms with van der Waals surface area (Å²) in [6.07, 6.45) is 2.35. The third-order valence-corrected chi connectivity index (χ3v) is 3.23. The molecule has 2 unspecified atom stereocenters. The first kappa shape index (κ1) is 12.1. The van der Waals surface area contributed by atoms with E-state index in [-0.39, 0.29) is 0 Å². The van der Waals surface area contributed by atoms with Crippen molar-refractivity contribution in [1.29, 1.82) is 0 Å². The summed E-state index contributed by atoms with van der Waals surface area (Å²) in [6, 6.07) is 0.599. The zero-order chi connectivity index (χ0) is 12.4. The number of rotatable bonds is 5. The minimum absolute atomic E-state index is 0.599. The maximum atomic E-state index is 4.49. The zero-order valence-corrected chi connectivity index (χ0v) is 11.2. The molecule has 1 fully saturated rings. The van der Waals surface area contributed by atoms with Crippen molar-refractivity contribution in [3.05, 3.63) is 11.4 Å². The Morgan fingerprint density at radius 2 is 1.88 bits per heavy atom. The lowest BCUT2D eigenvalue weighted by Gasteiger charge is -2.13. The van der Waals surface area contributed by atoms with E-state index in [2.05, 4.69) is 41.4 Å². The Morgan fingerprint density at radius 1 is 1.24 bits per heavy atom. The second-order valence-corrected chi connectivity index (χ2v) is 4.98. The number of aryl methyl sites for hydroxylation is 1. The monoisotopic (exact) mass is 234 g/mol. The van der Waals surface area contributed by atoms with Gasteiger partial charge in [-0.1, -0.05) is 13.8 Å². The highest BCUT2D eigenvalue weighted by atomic mass is 15.1. The Balaban J connectivity index is 2.16. The summed E-state index contributed by atoms with van der Waals surface area (Å²) < 4.78 is 0. The standard InChI is InChI=1S/C13H22N4/c1-5-6-14-12-9(3)13(16-10(4)15-12)17-11-7-8(11)2/h8,11H,5-7H2,1-4H3,(H2,14,15,16,17). The van der Waals surface area contributed by atoms with Gasteiger partial charge in [-0.25, -0.2) is 9.97 Å². The summed E-state index contributed by atoms with van der Waals surface area (Å²) in [5.41, 5.74) is 1.13. The second kappa shape index (κ2) is 4.90. The molecule has 4 heteroatoms. The quantitative estimate of drug-likeness (QED) is 0.822. The van der Waals surface area contributed by atoms with Crippen LogP contribution >= 0.6 is 0 Å². The minimum atomic E-state index is 0.599. The van der Waals surface area contributed by atoms with Crippen molar-refractivity contribution in [2.75, 3.05) is 17.2 Å². The van der Waals surface area contributed by atoms with Crippen molar-refractivity contribution in [2.24, 2.45) is 5.92 Å². The first-order chi connectivity index (χ1) is 8.11. The zero-order valence-electron chi connectivity index (χ0n) is 11.2. The van der Waals surface area contributed by atoms with Gasteiger partial charge in [-0.15, -0.1) is 0 Å². The van der Waals surface area contributed by atoms with Crippen molar-refractivity contribution < 1.29 is 0 Å². The molecule has 0 aliphatic heterocycles. The van der Waals surface area contributed by atoms with E-state index < -0.39 is 0 Å². The molecule has 0 saturated heterocycles. The smallest absolute Gasteiger partial charge is 0.134 e. The molecule has 2 N–H and O–H groups in total. The van der Waals surface area contributed by atoms with Gasteiger partial charge in [0.05, 0.1) is 0 Å². The Labute approximate surface area is 103 Å². The number of hydrogen-bond donors (Lipinski definition) is 2. The molecule has 2 rings (SSSR count). The fourth-order valence-corrected chi connectivity index (χ4v) is 1.88. The first-order valence-electron chi connectivity index (χ1n) is 6.47. The van der Waals surface area contributed by atoms with E-state index in [0.717, 1.165) is 41.9 Å². The molecule has 17 heavy (non-hydrogen) atoms. The van der Waals surface area contributed by atoms with Crippen molar-refractivity contribution in [3.8, 4) is 0 Å². The van der Waals surface area contributed by atoms with Crippen molar-refractivity contribution in [2.45, 2.75) is 46.6 Å². The molecular weight excluding hydrogens is 212 g/mol. The van der Waals surface area contributed by atoms with Crippen LogP contribution in [-0.2, 0) is 0 Å². The Kier molecular flexibility index (Phi) is 3.50. The lowest BCUT2D eigenvalue weighted by Crippen LogP contribution is -2.12. The largest absolute Gasteiger partial charge is 0.370 e. The van der Waals surface area contributed by atoms with Crippen molar-refractivity contribution >= 4 is 11.6 Å². The fraction of sp³-hybridized carbons (Fsp3) is 0.692. The third-order valence-electron chi connectivity index (χ3n) is 3.23. The van der Waals surface area contributed by atoms with Crippen LogP contribution in [0.4, 0.5) is 11.6 Å². The molecule has 0 radical (unpaired) electrons. The van der Waals surface area contributed by atoms with Gasteiger partial charge in [0.15, 0.2) is 0 Å². The highest BCUT2D eigenvalue weighted by Crippen LogP contribution is 2.33. The fourth-order valence-electron chi connectivity index (χ4n) is 1.88. The van der Waals surface area contributed by atoms with Crippen LogP contribution in [0.5, 0.6) is 0 Å². The van der Waals surface area contributed by atoms with Gasteiger partial charge in [-0.2, -0.15) is 0 Å². The van der Waals surface area contributed by atoms with Crippen molar-refractivity contribution in [1.82, 2.24) is 9.97 Å². The van der Waals surface area contributed by atoms with Crippen LogP contribution in [0.3, 0.4) is 0 Å². The Bertz CT molecular complexity index is 403. The predicted octanol–water partition coefficient (Wildman–Crippen LogP) is 2.74. The Morgan fingerprint density at radius 3 is 2.47 bits per heavy atom. The number of anilines is 2. The van der Waals surface area contributed by atoms with E-state index in [9.17, 15) is 0 Å². The number of aromatic nitrogens is 2. The summed E-state index contributed by atoms with van der Waals surface area (Å²) >= 11 is 0. The van der Waals surface area contributed by atoms with Crippen molar-refractivity contribution in [3.63, 3.8) is 0 Å². The summed E-state index contributed by atoms with van der Waals surface area (Å²) in [7, 11) is 0. The first-order valence-corrected chi connectivity index (χ1v) is 6.47. The van der Waals surface area contributed by atoms with Crippen LogP contribution in [0.15, 0.2) is 0 Å². The topological polar surface area (TPSA) is 49.8 Å². The summed E-state index contributed by atoms with van der Waals surface area (Å²) in [6.45, 7) is 9.39. The summed E-state index contributed by atoms with van der Waals surface area (Å²) in [5, 5.41) is 6.86. The van der Waals surface area contributed by atoms with Gasteiger partial charge in [0, 0.05) is 18.2 Å². The number of hydrogen-bond acceptors (Lipinski definition) is 4. The molecule has 0 bridgehead atoms. The molecule has 0 aromatic carbocycles. The lowest BCUT2D eigenvalue weighted by molar-refractivity contribution is 0.908. The third kappa shape index (κ3) is 2.87. The molecule has 1 heterocycles. The van der Waals surface area contributed by atoms with Crippen LogP contribution in [0.25, 0.3) is 0 Å². The van der Waals surface area contributed by atoms with Gasteiger partial charge in [0.25, 0.3) is 0 Å². The van der Waals surface area contributed by atoms with E-state index in [0.29, 0.717) is 6.04 Å². The number of nitrogens with one attached hydrogen (secondary N) is 2. The average molecular weight is 234 g/mol. The summed E-state index contributed by atoms with van der Waals surface area (Å²) in [5.74, 6) is 3.56. The SMILES string of the molecule is CCCNc1nc(C)nc(NC2CC2C)c1C. The molecule has 0 amide bonds. The second-order valence-electron chi connectivity index (χ2n) is 4.98. The molecule has 1 saturated carbocycles. The van der Waals surface area contributed by atoms with E-state index in [1.54, 1.807) is 0 Å². The van der Waals surface area contributed by atoms with Gasteiger partial charge in [0.1, 0.15) is 17.5 Å². The van der Waals surface area contributed by atoms with Gasteiger partial charge >= 0.3 is 0 Å².